The van der Waals surface area contributed by atoms with Crippen molar-refractivity contribution < 1.29 is 4.79 Å². The number of piperazine rings is 1. The number of halogens is 2. The van der Waals surface area contributed by atoms with Gasteiger partial charge in [0.1, 0.15) is 0 Å². The van der Waals surface area contributed by atoms with Crippen LogP contribution < -0.4 is 5.32 Å². The van der Waals surface area contributed by atoms with Gasteiger partial charge in [-0.25, -0.2) is 0 Å². The van der Waals surface area contributed by atoms with Crippen molar-refractivity contribution in [2.75, 3.05) is 38.0 Å². The molecular weight excluding hydrogens is 381 g/mol. The molecule has 2 aromatic rings. The molecule has 1 aliphatic rings. The average molecular weight is 406 g/mol. The summed E-state index contributed by atoms with van der Waals surface area (Å²) in [6.07, 6.45) is 0.998. The van der Waals surface area contributed by atoms with E-state index in [0.717, 1.165) is 50.4 Å². The third kappa shape index (κ3) is 5.69. The predicted octanol–water partition coefficient (Wildman–Crippen LogP) is 4.31. The van der Waals surface area contributed by atoms with E-state index in [1.165, 1.54) is 5.56 Å². The summed E-state index contributed by atoms with van der Waals surface area (Å²) in [4.78, 5) is 16.8. The first kappa shape index (κ1) is 20.2. The van der Waals surface area contributed by atoms with Gasteiger partial charge in [0.25, 0.3) is 0 Å². The van der Waals surface area contributed by atoms with Crippen molar-refractivity contribution in [2.24, 2.45) is 0 Å². The molecule has 0 aliphatic carbocycles. The van der Waals surface area contributed by atoms with E-state index in [4.69, 9.17) is 23.2 Å². The zero-order chi connectivity index (χ0) is 19.2. The number of hydrogen-bond donors (Lipinski definition) is 1. The molecular formula is C21H25Cl2N3O. The Morgan fingerprint density at radius 2 is 1.56 bits per heavy atom. The van der Waals surface area contributed by atoms with Gasteiger partial charge in [-0.15, -0.1) is 0 Å². The number of benzene rings is 2. The molecule has 0 atom stereocenters. The van der Waals surface area contributed by atoms with E-state index >= 15 is 0 Å². The molecule has 0 spiro atoms. The number of nitrogens with one attached hydrogen (secondary N) is 1. The molecule has 1 heterocycles. The van der Waals surface area contributed by atoms with E-state index in [2.05, 4.69) is 22.0 Å². The largest absolute Gasteiger partial charge is 0.325 e. The number of amides is 1. The maximum Gasteiger partial charge on any atom is 0.238 e. The summed E-state index contributed by atoms with van der Waals surface area (Å²) < 4.78 is 0. The van der Waals surface area contributed by atoms with E-state index in [-0.39, 0.29) is 5.91 Å². The van der Waals surface area contributed by atoms with Crippen LogP contribution in [0.4, 0.5) is 5.69 Å². The molecule has 1 amide bonds. The van der Waals surface area contributed by atoms with Crippen LogP contribution in [0.5, 0.6) is 0 Å². The fourth-order valence-corrected chi connectivity index (χ4v) is 3.76. The minimum Gasteiger partial charge on any atom is -0.325 e. The van der Waals surface area contributed by atoms with Crippen LogP contribution in [-0.4, -0.2) is 48.4 Å². The number of nitrogens with zero attached hydrogens (tertiary/aromatic N) is 2. The van der Waals surface area contributed by atoms with Gasteiger partial charge in [-0.3, -0.25) is 14.6 Å². The van der Waals surface area contributed by atoms with Crippen LogP contribution in [0.1, 0.15) is 18.1 Å². The number of carbonyl (C=O) groups is 1. The van der Waals surface area contributed by atoms with Gasteiger partial charge in [-0.05, 0) is 36.2 Å². The zero-order valence-electron chi connectivity index (χ0n) is 15.5. The van der Waals surface area contributed by atoms with Crippen molar-refractivity contribution in [3.8, 4) is 0 Å². The second kappa shape index (κ2) is 9.56. The molecule has 4 nitrogen and oxygen atoms in total. The maximum absolute atomic E-state index is 12.3. The van der Waals surface area contributed by atoms with Gasteiger partial charge in [0.15, 0.2) is 0 Å². The number of aryl methyl sites for hydroxylation is 1. The number of anilines is 1. The third-order valence-electron chi connectivity index (χ3n) is 4.92. The van der Waals surface area contributed by atoms with E-state index in [1.807, 2.05) is 42.5 Å². The first-order valence-electron chi connectivity index (χ1n) is 9.31. The Hall–Kier alpha value is -1.59. The Morgan fingerprint density at radius 3 is 2.15 bits per heavy atom. The first-order chi connectivity index (χ1) is 13.0. The predicted molar refractivity (Wildman–Crippen MR) is 113 cm³/mol. The molecule has 0 aromatic heterocycles. The van der Waals surface area contributed by atoms with Crippen LogP contribution in [-0.2, 0) is 17.8 Å². The summed E-state index contributed by atoms with van der Waals surface area (Å²) in [6, 6.07) is 13.6. The van der Waals surface area contributed by atoms with Gasteiger partial charge in [0, 0.05) is 54.0 Å². The van der Waals surface area contributed by atoms with Gasteiger partial charge >= 0.3 is 0 Å². The normalized spacial score (nSPS) is 15.7. The molecule has 0 unspecified atom stereocenters. The van der Waals surface area contributed by atoms with Crippen LogP contribution >= 0.6 is 23.2 Å². The van der Waals surface area contributed by atoms with E-state index < -0.39 is 0 Å². The van der Waals surface area contributed by atoms with Crippen molar-refractivity contribution in [3.05, 3.63) is 63.6 Å². The molecule has 1 aliphatic heterocycles. The van der Waals surface area contributed by atoms with E-state index in [9.17, 15) is 4.79 Å². The standard InChI is InChI=1S/C21H25Cl2N3O/c1-2-16-6-8-17(9-7-16)24-21(27)15-26-12-10-25(11-13-26)14-18-19(22)4-3-5-20(18)23/h3-9H,2,10-15H2,1H3,(H,24,27). The van der Waals surface area contributed by atoms with Crippen LogP contribution in [0.3, 0.4) is 0 Å². The zero-order valence-corrected chi connectivity index (χ0v) is 17.1. The number of carbonyl (C=O) groups excluding carboxylic acids is 1. The molecule has 1 saturated heterocycles. The molecule has 0 bridgehead atoms. The highest BCUT2D eigenvalue weighted by Gasteiger charge is 2.20. The van der Waals surface area contributed by atoms with Crippen molar-refractivity contribution in [1.29, 1.82) is 0 Å². The topological polar surface area (TPSA) is 35.6 Å². The molecule has 144 valence electrons. The highest BCUT2D eigenvalue weighted by atomic mass is 35.5. The number of hydrogen-bond acceptors (Lipinski definition) is 3. The summed E-state index contributed by atoms with van der Waals surface area (Å²) >= 11 is 12.5. The van der Waals surface area contributed by atoms with E-state index in [1.54, 1.807) is 0 Å². The van der Waals surface area contributed by atoms with Crippen molar-refractivity contribution in [2.45, 2.75) is 19.9 Å². The Bertz CT molecular complexity index is 751. The third-order valence-corrected chi connectivity index (χ3v) is 5.63. The molecule has 3 rings (SSSR count). The lowest BCUT2D eigenvalue weighted by molar-refractivity contribution is -0.117. The maximum atomic E-state index is 12.3. The molecule has 1 N–H and O–H groups in total. The van der Waals surface area contributed by atoms with Crippen molar-refractivity contribution in [1.82, 2.24) is 9.80 Å². The molecule has 0 saturated carbocycles. The first-order valence-corrected chi connectivity index (χ1v) is 10.1. The van der Waals surface area contributed by atoms with Gasteiger partial charge in [-0.1, -0.05) is 48.3 Å². The second-order valence-electron chi connectivity index (χ2n) is 6.85. The summed E-state index contributed by atoms with van der Waals surface area (Å²) in [7, 11) is 0. The minimum absolute atomic E-state index is 0.0295. The molecule has 1 fully saturated rings. The number of rotatable bonds is 6. The fourth-order valence-electron chi connectivity index (χ4n) is 3.24. The minimum atomic E-state index is 0.0295. The van der Waals surface area contributed by atoms with Crippen LogP contribution in [0.25, 0.3) is 0 Å². The van der Waals surface area contributed by atoms with Crippen LogP contribution in [0, 0.1) is 0 Å². The van der Waals surface area contributed by atoms with E-state index in [0.29, 0.717) is 16.6 Å². The Balaban J connectivity index is 1.45. The molecule has 27 heavy (non-hydrogen) atoms. The monoisotopic (exact) mass is 405 g/mol. The van der Waals surface area contributed by atoms with Crippen molar-refractivity contribution in [3.63, 3.8) is 0 Å². The lowest BCUT2D eigenvalue weighted by atomic mass is 10.1. The quantitative estimate of drug-likeness (QED) is 0.777. The highest BCUT2D eigenvalue weighted by molar-refractivity contribution is 6.35. The molecule has 2 aromatic carbocycles. The molecule has 0 radical (unpaired) electrons. The summed E-state index contributed by atoms with van der Waals surface area (Å²) in [5.74, 6) is 0.0295. The summed E-state index contributed by atoms with van der Waals surface area (Å²) in [5.41, 5.74) is 3.09. The highest BCUT2D eigenvalue weighted by Crippen LogP contribution is 2.26. The summed E-state index contributed by atoms with van der Waals surface area (Å²) in [6.45, 7) is 6.75. The Kier molecular flexibility index (Phi) is 7.13. The van der Waals surface area contributed by atoms with Gasteiger partial charge in [0.05, 0.1) is 6.54 Å². The molecule has 6 heteroatoms. The summed E-state index contributed by atoms with van der Waals surface area (Å²) in [5, 5.41) is 4.39. The lowest BCUT2D eigenvalue weighted by Crippen LogP contribution is -2.48. The van der Waals surface area contributed by atoms with Crippen LogP contribution in [0.2, 0.25) is 10.0 Å². The fraction of sp³-hybridized carbons (Fsp3) is 0.381. The Labute approximate surface area is 171 Å². The van der Waals surface area contributed by atoms with Gasteiger partial charge in [0.2, 0.25) is 5.91 Å². The second-order valence-corrected chi connectivity index (χ2v) is 7.67. The van der Waals surface area contributed by atoms with Gasteiger partial charge in [-0.2, -0.15) is 0 Å². The Morgan fingerprint density at radius 1 is 0.963 bits per heavy atom. The lowest BCUT2D eigenvalue weighted by Gasteiger charge is -2.34. The SMILES string of the molecule is CCc1ccc(NC(=O)CN2CCN(Cc3c(Cl)cccc3Cl)CC2)cc1. The van der Waals surface area contributed by atoms with Crippen molar-refractivity contribution >= 4 is 34.8 Å². The smallest absolute Gasteiger partial charge is 0.238 e. The van der Waals surface area contributed by atoms with Crippen LogP contribution in [0.15, 0.2) is 42.5 Å². The van der Waals surface area contributed by atoms with Gasteiger partial charge < -0.3 is 5.32 Å². The average Bonchev–Trinajstić information content (AvgIpc) is 2.67.